The van der Waals surface area contributed by atoms with Crippen LogP contribution in [0.5, 0.6) is 0 Å². The van der Waals surface area contributed by atoms with Crippen LogP contribution in [0.2, 0.25) is 0 Å². The number of morpholine rings is 1. The molecule has 0 unspecified atom stereocenters. The first-order chi connectivity index (χ1) is 16.3. The highest BCUT2D eigenvalue weighted by Gasteiger charge is 2.16. The Hall–Kier alpha value is -2.96. The Morgan fingerprint density at radius 1 is 0.970 bits per heavy atom. The van der Waals surface area contributed by atoms with E-state index >= 15 is 0 Å². The van der Waals surface area contributed by atoms with Gasteiger partial charge < -0.3 is 15.0 Å². The van der Waals surface area contributed by atoms with Crippen molar-refractivity contribution in [2.75, 3.05) is 56.2 Å². The van der Waals surface area contributed by atoms with Crippen LogP contribution in [0.1, 0.15) is 35.2 Å². The fraction of sp³-hybridized carbons (Fsp3) is 0.407. The molecule has 2 fully saturated rings. The summed E-state index contributed by atoms with van der Waals surface area (Å²) in [5.74, 6) is 0.795. The molecular weight excluding hydrogens is 412 g/mol. The third-order valence-corrected chi connectivity index (χ3v) is 6.72. The van der Waals surface area contributed by atoms with Gasteiger partial charge in [-0.05, 0) is 61.4 Å². The molecule has 2 saturated heterocycles. The molecule has 1 N–H and O–H groups in total. The smallest absolute Gasteiger partial charge is 0.255 e. The van der Waals surface area contributed by atoms with Crippen molar-refractivity contribution in [3.63, 3.8) is 0 Å². The first-order valence-corrected chi connectivity index (χ1v) is 12.1. The number of fused-ring (bicyclic) bond motifs is 1. The Bertz CT molecular complexity index is 1100. The van der Waals surface area contributed by atoms with Crippen LogP contribution in [0.25, 0.3) is 10.8 Å². The number of nitrogens with one attached hydrogen (secondary N) is 1. The summed E-state index contributed by atoms with van der Waals surface area (Å²) in [6, 6.07) is 16.3. The van der Waals surface area contributed by atoms with Crippen LogP contribution in [0, 0.1) is 0 Å². The summed E-state index contributed by atoms with van der Waals surface area (Å²) < 4.78 is 5.45. The van der Waals surface area contributed by atoms with E-state index in [4.69, 9.17) is 4.74 Å². The van der Waals surface area contributed by atoms with E-state index in [1.54, 1.807) is 12.3 Å². The van der Waals surface area contributed by atoms with Gasteiger partial charge in [0.05, 0.1) is 13.2 Å². The number of nitrogens with zero attached hydrogens (tertiary/aromatic N) is 3. The number of aryl methyl sites for hydroxylation is 1. The van der Waals surface area contributed by atoms with Crippen LogP contribution in [0.15, 0.2) is 54.7 Å². The van der Waals surface area contributed by atoms with Gasteiger partial charge in [-0.2, -0.15) is 0 Å². The number of benzene rings is 2. The molecule has 0 atom stereocenters. The van der Waals surface area contributed by atoms with E-state index in [0.717, 1.165) is 75.7 Å². The Kier molecular flexibility index (Phi) is 6.84. The van der Waals surface area contributed by atoms with Crippen molar-refractivity contribution in [3.8, 4) is 0 Å². The average Bonchev–Trinajstić information content (AvgIpc) is 3.41. The minimum Gasteiger partial charge on any atom is -0.379 e. The van der Waals surface area contributed by atoms with Gasteiger partial charge >= 0.3 is 0 Å². The third kappa shape index (κ3) is 5.18. The van der Waals surface area contributed by atoms with E-state index < -0.39 is 0 Å². The number of anilines is 2. The topological polar surface area (TPSA) is 57.7 Å². The standard InChI is InChI=1S/C27H32N4O2/c32-27(22-11-12-28-26(20-22)31-14-3-4-15-31)29-25-10-9-21(23-7-1-2-8-24(23)25)6-5-13-30-16-18-33-19-17-30/h1-2,7-12,20H,3-6,13-19H2,(H,29,32). The summed E-state index contributed by atoms with van der Waals surface area (Å²) in [5, 5.41) is 5.45. The van der Waals surface area contributed by atoms with E-state index in [1.807, 2.05) is 18.2 Å². The molecule has 6 heteroatoms. The first kappa shape index (κ1) is 21.9. The summed E-state index contributed by atoms with van der Waals surface area (Å²) in [4.78, 5) is 22.3. The SMILES string of the molecule is O=C(Nc1ccc(CCCN2CCOCC2)c2ccccc12)c1ccnc(N2CCCC2)c1. The van der Waals surface area contributed by atoms with Gasteiger partial charge in [0.2, 0.25) is 0 Å². The predicted molar refractivity (Wildman–Crippen MR) is 133 cm³/mol. The first-order valence-electron chi connectivity index (χ1n) is 12.1. The van der Waals surface area contributed by atoms with Crippen LogP contribution in [-0.4, -0.2) is 61.7 Å². The molecule has 1 amide bonds. The molecule has 3 aromatic rings. The lowest BCUT2D eigenvalue weighted by atomic mass is 9.99. The molecule has 0 aliphatic carbocycles. The molecule has 2 aliphatic heterocycles. The molecule has 5 rings (SSSR count). The van der Waals surface area contributed by atoms with Gasteiger partial charge in [0, 0.05) is 49.0 Å². The highest BCUT2D eigenvalue weighted by atomic mass is 16.5. The number of hydrogen-bond acceptors (Lipinski definition) is 5. The Labute approximate surface area is 195 Å². The highest BCUT2D eigenvalue weighted by Crippen LogP contribution is 2.28. The van der Waals surface area contributed by atoms with Gasteiger partial charge in [0.1, 0.15) is 5.82 Å². The Balaban J connectivity index is 1.30. The fourth-order valence-electron chi connectivity index (χ4n) is 4.88. The quantitative estimate of drug-likeness (QED) is 0.587. The van der Waals surface area contributed by atoms with Crippen molar-refractivity contribution >= 4 is 28.2 Å². The van der Waals surface area contributed by atoms with Gasteiger partial charge in [0.25, 0.3) is 5.91 Å². The number of aromatic nitrogens is 1. The predicted octanol–water partition coefficient (Wildman–Crippen LogP) is 4.35. The van der Waals surface area contributed by atoms with Gasteiger partial charge in [0.15, 0.2) is 0 Å². The highest BCUT2D eigenvalue weighted by molar-refractivity contribution is 6.09. The molecule has 2 aliphatic rings. The minimum absolute atomic E-state index is 0.0944. The van der Waals surface area contributed by atoms with E-state index in [0.29, 0.717) is 5.56 Å². The summed E-state index contributed by atoms with van der Waals surface area (Å²) in [5.41, 5.74) is 2.83. The lowest BCUT2D eigenvalue weighted by Gasteiger charge is -2.26. The van der Waals surface area contributed by atoms with Crippen molar-refractivity contribution in [1.29, 1.82) is 0 Å². The van der Waals surface area contributed by atoms with Gasteiger partial charge in [-0.3, -0.25) is 9.69 Å². The Morgan fingerprint density at radius 2 is 1.76 bits per heavy atom. The number of ether oxygens (including phenoxy) is 1. The van der Waals surface area contributed by atoms with Crippen LogP contribution < -0.4 is 10.2 Å². The number of pyridine rings is 1. The zero-order valence-electron chi connectivity index (χ0n) is 19.1. The number of carbonyl (C=O) groups excluding carboxylic acids is 1. The molecule has 0 bridgehead atoms. The zero-order valence-corrected chi connectivity index (χ0v) is 19.1. The maximum absolute atomic E-state index is 13.1. The van der Waals surface area contributed by atoms with Gasteiger partial charge in [-0.15, -0.1) is 0 Å². The normalized spacial score (nSPS) is 16.9. The lowest BCUT2D eigenvalue weighted by molar-refractivity contribution is 0.0375. The van der Waals surface area contributed by atoms with E-state index in [1.165, 1.54) is 23.8 Å². The summed E-state index contributed by atoms with van der Waals surface area (Å²) in [6.45, 7) is 6.85. The molecule has 0 spiro atoms. The maximum atomic E-state index is 13.1. The molecule has 172 valence electrons. The number of carbonyl (C=O) groups is 1. The zero-order chi connectivity index (χ0) is 22.5. The van der Waals surface area contributed by atoms with Crippen LogP contribution in [0.4, 0.5) is 11.5 Å². The molecule has 6 nitrogen and oxygen atoms in total. The van der Waals surface area contributed by atoms with E-state index in [9.17, 15) is 4.79 Å². The molecule has 33 heavy (non-hydrogen) atoms. The van der Waals surface area contributed by atoms with Crippen LogP contribution >= 0.6 is 0 Å². The minimum atomic E-state index is -0.0944. The molecule has 2 aromatic carbocycles. The molecule has 3 heterocycles. The Morgan fingerprint density at radius 3 is 2.58 bits per heavy atom. The van der Waals surface area contributed by atoms with Crippen LogP contribution in [0.3, 0.4) is 0 Å². The second kappa shape index (κ2) is 10.3. The second-order valence-corrected chi connectivity index (χ2v) is 8.93. The van der Waals surface area contributed by atoms with Crippen molar-refractivity contribution in [2.24, 2.45) is 0 Å². The maximum Gasteiger partial charge on any atom is 0.255 e. The number of hydrogen-bond donors (Lipinski definition) is 1. The van der Waals surface area contributed by atoms with E-state index in [-0.39, 0.29) is 5.91 Å². The molecule has 1 aromatic heterocycles. The average molecular weight is 445 g/mol. The van der Waals surface area contributed by atoms with Crippen molar-refractivity contribution in [1.82, 2.24) is 9.88 Å². The summed E-state index contributed by atoms with van der Waals surface area (Å²) in [6.07, 6.45) is 6.24. The van der Waals surface area contributed by atoms with Gasteiger partial charge in [-0.25, -0.2) is 4.98 Å². The summed E-state index contributed by atoms with van der Waals surface area (Å²) >= 11 is 0. The fourth-order valence-corrected chi connectivity index (χ4v) is 4.88. The van der Waals surface area contributed by atoms with Crippen molar-refractivity contribution < 1.29 is 9.53 Å². The monoisotopic (exact) mass is 444 g/mol. The number of rotatable bonds is 7. The molecule has 0 radical (unpaired) electrons. The van der Waals surface area contributed by atoms with E-state index in [2.05, 4.69) is 44.4 Å². The number of amides is 1. The second-order valence-electron chi connectivity index (χ2n) is 8.93. The summed E-state index contributed by atoms with van der Waals surface area (Å²) in [7, 11) is 0. The largest absolute Gasteiger partial charge is 0.379 e. The van der Waals surface area contributed by atoms with Crippen molar-refractivity contribution in [2.45, 2.75) is 25.7 Å². The molecular formula is C27H32N4O2. The lowest BCUT2D eigenvalue weighted by Crippen LogP contribution is -2.36. The van der Waals surface area contributed by atoms with Crippen molar-refractivity contribution in [3.05, 3.63) is 65.9 Å². The van der Waals surface area contributed by atoms with Crippen LogP contribution in [-0.2, 0) is 11.2 Å². The molecule has 0 saturated carbocycles. The third-order valence-electron chi connectivity index (χ3n) is 6.72. The van der Waals surface area contributed by atoms with Gasteiger partial charge in [-0.1, -0.05) is 30.3 Å².